The number of azo groups is 1. The summed E-state index contributed by atoms with van der Waals surface area (Å²) in [5.74, 6) is 0. The maximum atomic E-state index is 11.9. The first-order chi connectivity index (χ1) is 14.2. The Kier molecular flexibility index (Phi) is 5.59. The molecule has 5 N–H and O–H groups in total. The standard InChI is InChI=1S/C16H13N3O9S3/c17-9-1-3-10(4-2-9)18-19-11-5-13-14(15(6-11)30(23,24)25)7-12(29(20,21)22)8-16(13)31(26,27)28/h1-8H,17H2,(H,20,21,22)(H,23,24,25)(H,26,27,28). The minimum atomic E-state index is -5.10. The Hall–Kier alpha value is -2.95. The summed E-state index contributed by atoms with van der Waals surface area (Å²) in [5, 5.41) is 6.54. The third-order valence-corrected chi connectivity index (χ3v) is 6.60. The summed E-state index contributed by atoms with van der Waals surface area (Å²) in [5.41, 5.74) is 6.06. The Labute approximate surface area is 176 Å². The zero-order valence-electron chi connectivity index (χ0n) is 15.1. The van der Waals surface area contributed by atoms with E-state index in [4.69, 9.17) is 5.73 Å². The van der Waals surface area contributed by atoms with Gasteiger partial charge in [-0.25, -0.2) is 0 Å². The van der Waals surface area contributed by atoms with Gasteiger partial charge in [0.05, 0.1) is 16.3 Å². The molecule has 0 fully saturated rings. The molecule has 0 saturated carbocycles. The molecule has 0 spiro atoms. The molecule has 0 aliphatic carbocycles. The summed E-state index contributed by atoms with van der Waals surface area (Å²) >= 11 is 0. The summed E-state index contributed by atoms with van der Waals surface area (Å²) in [6.45, 7) is 0. The second-order valence-corrected chi connectivity index (χ2v) is 10.4. The lowest BCUT2D eigenvalue weighted by Gasteiger charge is -2.11. The topological polar surface area (TPSA) is 214 Å². The van der Waals surface area contributed by atoms with Gasteiger partial charge >= 0.3 is 0 Å². The van der Waals surface area contributed by atoms with Crippen LogP contribution in [-0.4, -0.2) is 38.9 Å². The molecule has 3 aromatic rings. The minimum absolute atomic E-state index is 0.249. The average molecular weight is 487 g/mol. The normalized spacial score (nSPS) is 13.1. The number of rotatable bonds is 5. The van der Waals surface area contributed by atoms with Crippen molar-refractivity contribution < 1.29 is 38.9 Å². The smallest absolute Gasteiger partial charge is 0.295 e. The Bertz CT molecular complexity index is 1550. The molecule has 3 rings (SSSR count). The predicted octanol–water partition coefficient (Wildman–Crippen LogP) is 2.58. The first kappa shape index (κ1) is 22.7. The zero-order chi connectivity index (χ0) is 23.2. The van der Waals surface area contributed by atoms with Gasteiger partial charge in [-0.3, -0.25) is 13.7 Å². The predicted molar refractivity (Wildman–Crippen MR) is 108 cm³/mol. The number of nitrogens with zero attached hydrogens (tertiary/aromatic N) is 2. The lowest BCUT2D eigenvalue weighted by molar-refractivity contribution is 0.478. The number of benzene rings is 3. The number of fused-ring (bicyclic) bond motifs is 1. The Balaban J connectivity index is 2.39. The van der Waals surface area contributed by atoms with E-state index in [9.17, 15) is 38.9 Å². The van der Waals surface area contributed by atoms with Gasteiger partial charge in [0.25, 0.3) is 30.4 Å². The van der Waals surface area contributed by atoms with Gasteiger partial charge in [-0.2, -0.15) is 35.5 Å². The maximum absolute atomic E-state index is 11.9. The van der Waals surface area contributed by atoms with Crippen LogP contribution in [0.5, 0.6) is 0 Å². The van der Waals surface area contributed by atoms with E-state index in [2.05, 4.69) is 10.2 Å². The number of anilines is 1. The van der Waals surface area contributed by atoms with Crippen LogP contribution in [0.25, 0.3) is 10.8 Å². The van der Waals surface area contributed by atoms with Gasteiger partial charge in [0.15, 0.2) is 0 Å². The van der Waals surface area contributed by atoms with Crippen LogP contribution in [0, 0.1) is 0 Å². The van der Waals surface area contributed by atoms with Crippen LogP contribution in [0.2, 0.25) is 0 Å². The maximum Gasteiger partial charge on any atom is 0.295 e. The molecule has 0 aliphatic heterocycles. The van der Waals surface area contributed by atoms with Crippen molar-refractivity contribution in [1.29, 1.82) is 0 Å². The Morgan fingerprint density at radius 1 is 0.613 bits per heavy atom. The highest BCUT2D eigenvalue weighted by molar-refractivity contribution is 7.87. The molecule has 12 nitrogen and oxygen atoms in total. The third kappa shape index (κ3) is 5.04. The fourth-order valence-corrected chi connectivity index (χ4v) is 4.69. The van der Waals surface area contributed by atoms with E-state index in [1.54, 1.807) is 0 Å². The van der Waals surface area contributed by atoms with Crippen LogP contribution < -0.4 is 5.73 Å². The van der Waals surface area contributed by atoms with Crippen LogP contribution in [0.3, 0.4) is 0 Å². The molecule has 0 radical (unpaired) electrons. The van der Waals surface area contributed by atoms with E-state index in [0.29, 0.717) is 23.5 Å². The van der Waals surface area contributed by atoms with Crippen LogP contribution in [0.4, 0.5) is 17.1 Å². The highest BCUT2D eigenvalue weighted by atomic mass is 32.2. The number of hydrogen-bond donors (Lipinski definition) is 4. The van der Waals surface area contributed by atoms with Crippen LogP contribution >= 0.6 is 0 Å². The first-order valence-electron chi connectivity index (χ1n) is 7.98. The minimum Gasteiger partial charge on any atom is -0.399 e. The molecule has 164 valence electrons. The lowest BCUT2D eigenvalue weighted by atomic mass is 10.1. The monoisotopic (exact) mass is 487 g/mol. The molecule has 0 amide bonds. The fraction of sp³-hybridized carbons (Fsp3) is 0. The van der Waals surface area contributed by atoms with E-state index in [0.717, 1.165) is 12.1 Å². The van der Waals surface area contributed by atoms with E-state index in [1.807, 2.05) is 0 Å². The SMILES string of the molecule is Nc1ccc(N=Nc2cc(S(=O)(=O)O)c3cc(S(=O)(=O)O)cc(S(=O)(=O)O)c3c2)cc1. The Morgan fingerprint density at radius 3 is 1.61 bits per heavy atom. The molecule has 0 saturated heterocycles. The highest BCUT2D eigenvalue weighted by Gasteiger charge is 2.25. The fourth-order valence-electron chi connectivity index (χ4n) is 2.65. The van der Waals surface area contributed by atoms with Crippen LogP contribution in [0.1, 0.15) is 0 Å². The van der Waals surface area contributed by atoms with E-state index in [1.165, 1.54) is 24.3 Å². The molecule has 0 aromatic heterocycles. The molecule has 0 heterocycles. The van der Waals surface area contributed by atoms with Crippen molar-refractivity contribution in [1.82, 2.24) is 0 Å². The van der Waals surface area contributed by atoms with E-state index < -0.39 is 55.8 Å². The zero-order valence-corrected chi connectivity index (χ0v) is 17.6. The van der Waals surface area contributed by atoms with Gasteiger partial charge < -0.3 is 5.73 Å². The summed E-state index contributed by atoms with van der Waals surface area (Å²) in [7, 11) is -15.1. The molecule has 15 heteroatoms. The van der Waals surface area contributed by atoms with Gasteiger partial charge in [0.2, 0.25) is 0 Å². The van der Waals surface area contributed by atoms with Gasteiger partial charge in [-0.1, -0.05) is 0 Å². The average Bonchev–Trinajstić information content (AvgIpc) is 2.63. The number of nitrogens with two attached hydrogens (primary N) is 1. The van der Waals surface area contributed by atoms with Gasteiger partial charge in [0, 0.05) is 16.5 Å². The molecule has 3 aromatic carbocycles. The van der Waals surface area contributed by atoms with Crippen LogP contribution in [-0.2, 0) is 30.4 Å². The van der Waals surface area contributed by atoms with Crippen molar-refractivity contribution in [2.24, 2.45) is 10.2 Å². The lowest BCUT2D eigenvalue weighted by Crippen LogP contribution is -2.07. The van der Waals surface area contributed by atoms with Crippen molar-refractivity contribution in [2.75, 3.05) is 5.73 Å². The molecule has 0 unspecified atom stereocenters. The first-order valence-corrected chi connectivity index (χ1v) is 12.3. The number of hydrogen-bond acceptors (Lipinski definition) is 9. The van der Waals surface area contributed by atoms with Crippen molar-refractivity contribution in [3.63, 3.8) is 0 Å². The molecule has 31 heavy (non-hydrogen) atoms. The van der Waals surface area contributed by atoms with Crippen molar-refractivity contribution in [3.05, 3.63) is 48.5 Å². The number of nitrogen functional groups attached to an aromatic ring is 1. The van der Waals surface area contributed by atoms with Gasteiger partial charge in [0.1, 0.15) is 9.79 Å². The Morgan fingerprint density at radius 2 is 1.10 bits per heavy atom. The summed E-state index contributed by atoms with van der Waals surface area (Å²) in [6.07, 6.45) is 0. The molecular formula is C16H13N3O9S3. The summed E-state index contributed by atoms with van der Waals surface area (Å²) in [4.78, 5) is -2.98. The van der Waals surface area contributed by atoms with Gasteiger partial charge in [-0.05, 0) is 48.5 Å². The van der Waals surface area contributed by atoms with Crippen molar-refractivity contribution in [2.45, 2.75) is 14.7 Å². The highest BCUT2D eigenvalue weighted by Crippen LogP contribution is 2.35. The summed E-state index contributed by atoms with van der Waals surface area (Å²) in [6, 6.07) is 8.89. The third-order valence-electron chi connectivity index (χ3n) is 3.98. The van der Waals surface area contributed by atoms with Crippen molar-refractivity contribution in [3.8, 4) is 0 Å². The van der Waals surface area contributed by atoms with Crippen LogP contribution in [0.15, 0.2) is 73.4 Å². The largest absolute Gasteiger partial charge is 0.399 e. The quantitative estimate of drug-likeness (QED) is 0.234. The van der Waals surface area contributed by atoms with Crippen molar-refractivity contribution >= 4 is 58.2 Å². The van der Waals surface area contributed by atoms with E-state index in [-0.39, 0.29) is 5.69 Å². The summed E-state index contributed by atoms with van der Waals surface area (Å²) < 4.78 is 98.7. The molecule has 0 atom stereocenters. The second-order valence-electron chi connectivity index (χ2n) is 6.18. The molecule has 0 aliphatic rings. The van der Waals surface area contributed by atoms with E-state index >= 15 is 0 Å². The second kappa shape index (κ2) is 7.63. The van der Waals surface area contributed by atoms with Gasteiger partial charge in [-0.15, -0.1) is 0 Å². The molecular weight excluding hydrogens is 474 g/mol. The molecule has 0 bridgehead atoms.